The minimum absolute atomic E-state index is 0.174. The van der Waals surface area contributed by atoms with Crippen molar-refractivity contribution in [2.75, 3.05) is 0 Å². The molecule has 0 atom stereocenters. The van der Waals surface area contributed by atoms with E-state index in [1.54, 1.807) is 18.3 Å². The van der Waals surface area contributed by atoms with Crippen molar-refractivity contribution in [3.05, 3.63) is 116 Å². The first-order chi connectivity index (χ1) is 19.1. The van der Waals surface area contributed by atoms with E-state index in [1.807, 2.05) is 54.6 Å². The van der Waals surface area contributed by atoms with Crippen LogP contribution >= 0.6 is 15.9 Å². The summed E-state index contributed by atoms with van der Waals surface area (Å²) in [6.07, 6.45) is 7.10. The van der Waals surface area contributed by atoms with E-state index in [1.165, 1.54) is 23.2 Å². The molecule has 0 amide bonds. The molecule has 1 saturated carbocycles. The summed E-state index contributed by atoms with van der Waals surface area (Å²) in [5.74, 6) is 1.17. The lowest BCUT2D eigenvalue weighted by molar-refractivity contribution is 0.305. The lowest BCUT2D eigenvalue weighted by Gasteiger charge is -2.23. The van der Waals surface area contributed by atoms with Gasteiger partial charge in [-0.15, -0.1) is 0 Å². The third-order valence-electron chi connectivity index (χ3n) is 7.32. The molecule has 5 nitrogen and oxygen atoms in total. The molecule has 1 aromatic heterocycles. The maximum atomic E-state index is 13.8. The standard InChI is InChI=1S/C32H27BrFN3O2/c33-24-14-15-29-27(18-24)32(38)37(31(36-29)23-9-2-1-3-10-23)35-19-28-26-12-5-4-8-22(26)13-16-30(28)39-20-21-7-6-11-25(34)17-21/h4-8,11-19,23H,1-3,9-10,20H2. The van der Waals surface area contributed by atoms with Gasteiger partial charge in [0.1, 0.15) is 24.0 Å². The van der Waals surface area contributed by atoms with Gasteiger partial charge in [0.05, 0.1) is 17.1 Å². The van der Waals surface area contributed by atoms with Crippen LogP contribution in [-0.2, 0) is 6.61 Å². The van der Waals surface area contributed by atoms with E-state index in [-0.39, 0.29) is 23.9 Å². The van der Waals surface area contributed by atoms with Crippen LogP contribution in [0.3, 0.4) is 0 Å². The predicted octanol–water partition coefficient (Wildman–Crippen LogP) is 7.96. The van der Waals surface area contributed by atoms with Crippen LogP contribution in [0.5, 0.6) is 5.75 Å². The highest BCUT2D eigenvalue weighted by Gasteiger charge is 2.22. The van der Waals surface area contributed by atoms with Gasteiger partial charge in [0.2, 0.25) is 0 Å². The molecule has 1 aliphatic rings. The summed E-state index contributed by atoms with van der Waals surface area (Å²) in [6.45, 7) is 0.204. The number of rotatable bonds is 6. The van der Waals surface area contributed by atoms with Gasteiger partial charge < -0.3 is 4.74 Å². The van der Waals surface area contributed by atoms with E-state index in [2.05, 4.69) is 15.9 Å². The highest BCUT2D eigenvalue weighted by molar-refractivity contribution is 9.10. The van der Waals surface area contributed by atoms with Crippen LogP contribution in [0, 0.1) is 5.82 Å². The van der Waals surface area contributed by atoms with E-state index in [4.69, 9.17) is 14.8 Å². The Balaban J connectivity index is 1.47. The Labute approximate surface area is 234 Å². The molecule has 7 heteroatoms. The number of benzene rings is 4. The first-order valence-electron chi connectivity index (χ1n) is 13.2. The Morgan fingerprint density at radius 1 is 0.974 bits per heavy atom. The fourth-order valence-corrected chi connectivity index (χ4v) is 5.70. The number of fused-ring (bicyclic) bond motifs is 2. The Hall–Kier alpha value is -3.84. The van der Waals surface area contributed by atoms with Crippen molar-refractivity contribution >= 4 is 43.8 Å². The quantitative estimate of drug-likeness (QED) is 0.190. The van der Waals surface area contributed by atoms with E-state index < -0.39 is 0 Å². The van der Waals surface area contributed by atoms with Gasteiger partial charge in [-0.2, -0.15) is 9.78 Å². The maximum absolute atomic E-state index is 13.8. The van der Waals surface area contributed by atoms with Crippen LogP contribution < -0.4 is 10.3 Å². The van der Waals surface area contributed by atoms with Crippen molar-refractivity contribution < 1.29 is 9.13 Å². The van der Waals surface area contributed by atoms with Crippen LogP contribution in [-0.4, -0.2) is 15.9 Å². The number of halogens is 2. The zero-order chi connectivity index (χ0) is 26.8. The molecule has 0 spiro atoms. The zero-order valence-electron chi connectivity index (χ0n) is 21.3. The zero-order valence-corrected chi connectivity index (χ0v) is 22.9. The molecule has 5 aromatic rings. The molecule has 4 aromatic carbocycles. The summed E-state index contributed by atoms with van der Waals surface area (Å²) in [4.78, 5) is 18.7. The molecule has 6 rings (SSSR count). The molecule has 196 valence electrons. The van der Waals surface area contributed by atoms with E-state index in [9.17, 15) is 9.18 Å². The number of hydrogen-bond donors (Lipinski definition) is 0. The second-order valence-corrected chi connectivity index (χ2v) is 10.9. The smallest absolute Gasteiger partial charge is 0.282 e. The molecule has 0 saturated heterocycles. The molecule has 0 N–H and O–H groups in total. The molecular weight excluding hydrogens is 557 g/mol. The lowest BCUT2D eigenvalue weighted by Crippen LogP contribution is -2.25. The molecule has 0 bridgehead atoms. The third-order valence-corrected chi connectivity index (χ3v) is 7.81. The van der Waals surface area contributed by atoms with Crippen LogP contribution in [0.4, 0.5) is 4.39 Å². The number of ether oxygens (including phenoxy) is 1. The number of hydrogen-bond acceptors (Lipinski definition) is 4. The summed E-state index contributed by atoms with van der Waals surface area (Å²) in [5.41, 5.74) is 1.96. The summed E-state index contributed by atoms with van der Waals surface area (Å²) < 4.78 is 22.2. The molecule has 39 heavy (non-hydrogen) atoms. The monoisotopic (exact) mass is 583 g/mol. The van der Waals surface area contributed by atoms with Gasteiger partial charge in [-0.1, -0.05) is 77.7 Å². The summed E-state index contributed by atoms with van der Waals surface area (Å²) >= 11 is 3.49. The van der Waals surface area contributed by atoms with Crippen molar-refractivity contribution in [1.29, 1.82) is 0 Å². The summed E-state index contributed by atoms with van der Waals surface area (Å²) in [7, 11) is 0. The van der Waals surface area contributed by atoms with Crippen molar-refractivity contribution in [1.82, 2.24) is 9.66 Å². The van der Waals surface area contributed by atoms with Crippen LogP contribution in [0.25, 0.3) is 21.7 Å². The minimum atomic E-state index is -0.304. The average molecular weight is 584 g/mol. The van der Waals surface area contributed by atoms with Gasteiger partial charge in [0.25, 0.3) is 5.56 Å². The van der Waals surface area contributed by atoms with Gasteiger partial charge in [0.15, 0.2) is 0 Å². The van der Waals surface area contributed by atoms with Crippen molar-refractivity contribution in [3.8, 4) is 5.75 Å². The highest BCUT2D eigenvalue weighted by Crippen LogP contribution is 2.32. The van der Waals surface area contributed by atoms with Gasteiger partial charge in [-0.25, -0.2) is 9.37 Å². The van der Waals surface area contributed by atoms with Crippen molar-refractivity contribution in [2.24, 2.45) is 5.10 Å². The van der Waals surface area contributed by atoms with Crippen LogP contribution in [0.15, 0.2) is 93.2 Å². The van der Waals surface area contributed by atoms with Crippen LogP contribution in [0.2, 0.25) is 0 Å². The Morgan fingerprint density at radius 2 is 1.82 bits per heavy atom. The Kier molecular flexibility index (Phi) is 7.24. The number of nitrogens with zero attached hydrogens (tertiary/aromatic N) is 3. The summed E-state index contributed by atoms with van der Waals surface area (Å²) in [6, 6.07) is 23.8. The topological polar surface area (TPSA) is 56.5 Å². The highest BCUT2D eigenvalue weighted by atomic mass is 79.9. The SMILES string of the molecule is O=c1c2cc(Br)ccc2nc(C2CCCCC2)n1N=Cc1c(OCc2cccc(F)c2)ccc2ccccc12. The third kappa shape index (κ3) is 5.36. The Morgan fingerprint density at radius 3 is 2.67 bits per heavy atom. The average Bonchev–Trinajstić information content (AvgIpc) is 2.96. The molecule has 0 radical (unpaired) electrons. The number of aromatic nitrogens is 2. The van der Waals surface area contributed by atoms with Gasteiger partial charge in [0, 0.05) is 16.0 Å². The van der Waals surface area contributed by atoms with Crippen molar-refractivity contribution in [2.45, 2.75) is 44.6 Å². The van der Waals surface area contributed by atoms with E-state index in [0.717, 1.165) is 52.1 Å². The first kappa shape index (κ1) is 25.4. The van der Waals surface area contributed by atoms with Crippen molar-refractivity contribution in [3.63, 3.8) is 0 Å². The van der Waals surface area contributed by atoms with Gasteiger partial charge >= 0.3 is 0 Å². The molecule has 1 heterocycles. The van der Waals surface area contributed by atoms with E-state index in [0.29, 0.717) is 22.5 Å². The molecular formula is C32H27BrFN3O2. The van der Waals surface area contributed by atoms with Gasteiger partial charge in [-0.3, -0.25) is 4.79 Å². The predicted molar refractivity (Wildman–Crippen MR) is 157 cm³/mol. The normalized spacial score (nSPS) is 14.4. The fourth-order valence-electron chi connectivity index (χ4n) is 5.34. The molecule has 0 unspecified atom stereocenters. The van der Waals surface area contributed by atoms with Crippen LogP contribution in [0.1, 0.15) is 55.0 Å². The van der Waals surface area contributed by atoms with Gasteiger partial charge in [-0.05, 0) is 65.6 Å². The fraction of sp³-hybridized carbons (Fsp3) is 0.219. The lowest BCUT2D eigenvalue weighted by atomic mass is 9.88. The maximum Gasteiger partial charge on any atom is 0.282 e. The molecule has 1 aliphatic carbocycles. The Bertz CT molecular complexity index is 1760. The summed E-state index contributed by atoms with van der Waals surface area (Å²) in [5, 5.41) is 7.26. The second kappa shape index (κ2) is 11.1. The molecule has 0 aliphatic heterocycles. The first-order valence-corrected chi connectivity index (χ1v) is 14.0. The largest absolute Gasteiger partial charge is 0.488 e. The van der Waals surface area contributed by atoms with E-state index >= 15 is 0 Å². The second-order valence-electron chi connectivity index (χ2n) is 9.95. The minimum Gasteiger partial charge on any atom is -0.488 e. The molecule has 1 fully saturated rings.